The van der Waals surface area contributed by atoms with Crippen LogP contribution in [0.5, 0.6) is 0 Å². The van der Waals surface area contributed by atoms with E-state index in [4.69, 9.17) is 23.2 Å². The average molecular weight is 300 g/mol. The van der Waals surface area contributed by atoms with Gasteiger partial charge in [0.25, 0.3) is 0 Å². The van der Waals surface area contributed by atoms with Gasteiger partial charge in [0.1, 0.15) is 16.5 Å². The molecule has 3 rings (SSSR count). The maximum absolute atomic E-state index is 6.08. The third-order valence-corrected chi connectivity index (χ3v) is 3.59. The highest BCUT2D eigenvalue weighted by atomic mass is 35.5. The molecule has 0 aliphatic carbocycles. The topological polar surface area (TPSA) is 66.5 Å². The molecule has 0 fully saturated rings. The summed E-state index contributed by atoms with van der Waals surface area (Å²) in [5, 5.41) is 7.51. The molecule has 0 bridgehead atoms. The number of hydrogen-bond acceptors (Lipinski definition) is 5. The van der Waals surface area contributed by atoms with Gasteiger partial charge in [0, 0.05) is 17.8 Å². The van der Waals surface area contributed by atoms with E-state index in [0.717, 1.165) is 10.4 Å². The van der Waals surface area contributed by atoms with Crippen LogP contribution in [-0.4, -0.2) is 19.9 Å². The van der Waals surface area contributed by atoms with E-state index in [1.165, 1.54) is 0 Å². The number of anilines is 1. The summed E-state index contributed by atoms with van der Waals surface area (Å²) in [5.74, 6) is 0.603. The minimum Gasteiger partial charge on any atom is -0.363 e. The molecule has 2 N–H and O–H groups in total. The van der Waals surface area contributed by atoms with Gasteiger partial charge in [-0.3, -0.25) is 0 Å². The fourth-order valence-electron chi connectivity index (χ4n) is 1.60. The zero-order chi connectivity index (χ0) is 12.5. The van der Waals surface area contributed by atoms with Crippen LogP contribution >= 0.6 is 34.5 Å². The molecule has 8 heteroatoms. The molecule has 92 valence electrons. The number of thiazole rings is 1. The molecule has 0 spiro atoms. The molecule has 0 atom stereocenters. The Morgan fingerprint density at radius 1 is 1.33 bits per heavy atom. The van der Waals surface area contributed by atoms with Gasteiger partial charge in [-0.05, 0) is 11.6 Å². The van der Waals surface area contributed by atoms with Gasteiger partial charge < -0.3 is 10.3 Å². The molecule has 0 aliphatic rings. The highest BCUT2D eigenvalue weighted by molar-refractivity contribution is 7.09. The first-order valence-electron chi connectivity index (χ1n) is 5.06. The van der Waals surface area contributed by atoms with Gasteiger partial charge in [-0.15, -0.1) is 11.3 Å². The SMILES string of the molecule is Clc1nc(NCc2nccs2)c2c(Cl)c[nH]c2n1. The van der Waals surface area contributed by atoms with Crippen LogP contribution in [0.15, 0.2) is 17.8 Å². The molecule has 0 aliphatic heterocycles. The summed E-state index contributed by atoms with van der Waals surface area (Å²) in [4.78, 5) is 15.3. The first-order valence-corrected chi connectivity index (χ1v) is 6.70. The second-order valence-corrected chi connectivity index (χ2v) is 5.21. The Labute approximate surface area is 116 Å². The van der Waals surface area contributed by atoms with Crippen molar-refractivity contribution in [3.8, 4) is 0 Å². The third-order valence-electron chi connectivity index (χ3n) is 2.35. The molecule has 0 saturated carbocycles. The van der Waals surface area contributed by atoms with Crippen molar-refractivity contribution < 1.29 is 0 Å². The molecular formula is C10H7Cl2N5S. The van der Waals surface area contributed by atoms with E-state index in [1.807, 2.05) is 5.38 Å². The number of halogens is 2. The number of rotatable bonds is 3. The van der Waals surface area contributed by atoms with Crippen molar-refractivity contribution in [1.82, 2.24) is 19.9 Å². The van der Waals surface area contributed by atoms with Crippen LogP contribution in [0.4, 0.5) is 5.82 Å². The van der Waals surface area contributed by atoms with Crippen molar-refractivity contribution >= 4 is 51.4 Å². The van der Waals surface area contributed by atoms with Gasteiger partial charge >= 0.3 is 0 Å². The van der Waals surface area contributed by atoms with E-state index in [9.17, 15) is 0 Å². The summed E-state index contributed by atoms with van der Waals surface area (Å²) < 4.78 is 0. The van der Waals surface area contributed by atoms with E-state index in [-0.39, 0.29) is 5.28 Å². The van der Waals surface area contributed by atoms with Gasteiger partial charge in [0.15, 0.2) is 0 Å². The Bertz CT molecular complexity index is 679. The van der Waals surface area contributed by atoms with E-state index in [0.29, 0.717) is 23.0 Å². The highest BCUT2D eigenvalue weighted by Crippen LogP contribution is 2.29. The maximum Gasteiger partial charge on any atom is 0.226 e. The highest BCUT2D eigenvalue weighted by Gasteiger charge is 2.12. The molecule has 3 aromatic rings. The molecule has 3 heterocycles. The molecule has 0 radical (unpaired) electrons. The summed E-state index contributed by atoms with van der Waals surface area (Å²) >= 11 is 13.5. The number of aromatic nitrogens is 4. The summed E-state index contributed by atoms with van der Waals surface area (Å²) in [6, 6.07) is 0. The first-order chi connectivity index (χ1) is 8.74. The van der Waals surface area contributed by atoms with E-state index in [1.54, 1.807) is 23.7 Å². The van der Waals surface area contributed by atoms with Gasteiger partial charge in [0.2, 0.25) is 5.28 Å². The summed E-state index contributed by atoms with van der Waals surface area (Å²) in [5.41, 5.74) is 0.613. The minimum absolute atomic E-state index is 0.169. The Balaban J connectivity index is 1.97. The number of hydrogen-bond donors (Lipinski definition) is 2. The molecule has 0 amide bonds. The lowest BCUT2D eigenvalue weighted by atomic mass is 10.3. The van der Waals surface area contributed by atoms with Crippen LogP contribution in [0.2, 0.25) is 10.3 Å². The third kappa shape index (κ3) is 2.14. The molecular weight excluding hydrogens is 293 g/mol. The molecule has 0 saturated heterocycles. The van der Waals surface area contributed by atoms with Crippen molar-refractivity contribution in [2.24, 2.45) is 0 Å². The number of nitrogens with one attached hydrogen (secondary N) is 2. The van der Waals surface area contributed by atoms with Crippen LogP contribution in [0, 0.1) is 0 Å². The van der Waals surface area contributed by atoms with E-state index in [2.05, 4.69) is 25.3 Å². The van der Waals surface area contributed by atoms with E-state index < -0.39 is 0 Å². The first kappa shape index (κ1) is 11.7. The molecule has 0 unspecified atom stereocenters. The molecule has 18 heavy (non-hydrogen) atoms. The Hall–Kier alpha value is -1.37. The maximum atomic E-state index is 6.08. The van der Waals surface area contributed by atoms with Crippen LogP contribution in [-0.2, 0) is 6.54 Å². The van der Waals surface area contributed by atoms with Crippen molar-refractivity contribution in [1.29, 1.82) is 0 Å². The number of fused-ring (bicyclic) bond motifs is 1. The standard InChI is InChI=1S/C10H7Cl2N5S/c11-5-3-14-8-7(5)9(17-10(12)16-8)15-4-6-13-1-2-18-6/h1-3H,4H2,(H2,14,15,16,17). The number of H-pyrrole nitrogens is 1. The van der Waals surface area contributed by atoms with Crippen molar-refractivity contribution in [3.63, 3.8) is 0 Å². The van der Waals surface area contributed by atoms with Gasteiger partial charge in [-0.2, -0.15) is 9.97 Å². The molecule has 3 aromatic heterocycles. The summed E-state index contributed by atoms with van der Waals surface area (Å²) in [6.45, 7) is 0.571. The van der Waals surface area contributed by atoms with Crippen molar-refractivity contribution in [3.05, 3.63) is 33.1 Å². The lowest BCUT2D eigenvalue weighted by Crippen LogP contribution is -2.02. The largest absolute Gasteiger partial charge is 0.363 e. The van der Waals surface area contributed by atoms with Gasteiger partial charge in [-0.25, -0.2) is 4.98 Å². The van der Waals surface area contributed by atoms with Gasteiger partial charge in [-0.1, -0.05) is 11.6 Å². The van der Waals surface area contributed by atoms with Crippen LogP contribution in [0.25, 0.3) is 11.0 Å². The average Bonchev–Trinajstić information content (AvgIpc) is 2.96. The van der Waals surface area contributed by atoms with E-state index >= 15 is 0 Å². The predicted molar refractivity (Wildman–Crippen MR) is 73.3 cm³/mol. The van der Waals surface area contributed by atoms with Crippen LogP contribution in [0.3, 0.4) is 0 Å². The zero-order valence-electron chi connectivity index (χ0n) is 8.94. The number of aromatic amines is 1. The smallest absolute Gasteiger partial charge is 0.226 e. The normalized spacial score (nSPS) is 11.0. The summed E-state index contributed by atoms with van der Waals surface area (Å²) in [7, 11) is 0. The van der Waals surface area contributed by atoms with Gasteiger partial charge in [0.05, 0.1) is 17.0 Å². The fourth-order valence-corrected chi connectivity index (χ4v) is 2.55. The quantitative estimate of drug-likeness (QED) is 0.728. The van der Waals surface area contributed by atoms with Crippen LogP contribution < -0.4 is 5.32 Å². The predicted octanol–water partition coefficient (Wildman–Crippen LogP) is 3.33. The monoisotopic (exact) mass is 299 g/mol. The Morgan fingerprint density at radius 3 is 3.00 bits per heavy atom. The zero-order valence-corrected chi connectivity index (χ0v) is 11.3. The second-order valence-electron chi connectivity index (χ2n) is 3.48. The fraction of sp³-hybridized carbons (Fsp3) is 0.100. The Kier molecular flexibility index (Phi) is 3.07. The number of nitrogens with zero attached hydrogens (tertiary/aromatic N) is 3. The van der Waals surface area contributed by atoms with Crippen molar-refractivity contribution in [2.45, 2.75) is 6.54 Å². The van der Waals surface area contributed by atoms with Crippen molar-refractivity contribution in [2.75, 3.05) is 5.32 Å². The molecule has 5 nitrogen and oxygen atoms in total. The Morgan fingerprint density at radius 2 is 2.22 bits per heavy atom. The summed E-state index contributed by atoms with van der Waals surface area (Å²) in [6.07, 6.45) is 3.42. The second kappa shape index (κ2) is 4.72. The van der Waals surface area contributed by atoms with Crippen LogP contribution in [0.1, 0.15) is 5.01 Å². The molecule has 0 aromatic carbocycles. The lowest BCUT2D eigenvalue weighted by Gasteiger charge is -2.05. The minimum atomic E-state index is 0.169. The lowest BCUT2D eigenvalue weighted by molar-refractivity contribution is 1.07.